The molecule has 0 atom stereocenters. The van der Waals surface area contributed by atoms with Crippen LogP contribution in [0.3, 0.4) is 0 Å². The summed E-state index contributed by atoms with van der Waals surface area (Å²) in [6.07, 6.45) is 0.433. The van der Waals surface area contributed by atoms with Crippen LogP contribution in [0, 0.1) is 0 Å². The van der Waals surface area contributed by atoms with Crippen LogP contribution in [-0.2, 0) is 0 Å². The molecule has 3 heteroatoms. The summed E-state index contributed by atoms with van der Waals surface area (Å²) in [5.41, 5.74) is 1.52. The number of aliphatic hydroxyl groups is 2. The summed E-state index contributed by atoms with van der Waals surface area (Å²) >= 11 is 0. The Hall–Kier alpha value is -1.32. The molecule has 1 heterocycles. The lowest BCUT2D eigenvalue weighted by atomic mass is 10.1. The summed E-state index contributed by atoms with van der Waals surface area (Å²) < 4.78 is 0. The summed E-state index contributed by atoms with van der Waals surface area (Å²) in [5.74, 6) is 0. The maximum absolute atomic E-state index is 8.87. The van der Waals surface area contributed by atoms with Crippen molar-refractivity contribution in [3.63, 3.8) is 0 Å². The molecule has 0 saturated carbocycles. The van der Waals surface area contributed by atoms with E-state index in [0.717, 1.165) is 10.9 Å². The molecule has 0 spiro atoms. The Morgan fingerprint density at radius 2 is 2.00 bits per heavy atom. The maximum Gasteiger partial charge on any atom is 0.178 e. The van der Waals surface area contributed by atoms with Gasteiger partial charge in [-0.2, -0.15) is 0 Å². The minimum absolute atomic E-state index is 0.516. The zero-order valence-corrected chi connectivity index (χ0v) is 6.36. The molecule has 2 rings (SSSR count). The van der Waals surface area contributed by atoms with Gasteiger partial charge in [-0.1, -0.05) is 6.07 Å². The highest BCUT2D eigenvalue weighted by Gasteiger charge is 2.02. The molecule has 3 N–H and O–H groups in total. The van der Waals surface area contributed by atoms with Crippen molar-refractivity contribution in [3.8, 4) is 0 Å². The number of hydrogen-bond donors (Lipinski definition) is 3. The van der Waals surface area contributed by atoms with Crippen molar-refractivity contribution in [3.05, 3.63) is 36.0 Å². The quantitative estimate of drug-likeness (QED) is 0.552. The smallest absolute Gasteiger partial charge is 0.178 e. The molecule has 0 aliphatic heterocycles. The molecular formula is C9H9NO2. The van der Waals surface area contributed by atoms with E-state index in [1.54, 1.807) is 12.1 Å². The number of fused-ring (bicyclic) bond motifs is 1. The van der Waals surface area contributed by atoms with Gasteiger partial charge in [0.1, 0.15) is 0 Å². The molecule has 1 aromatic heterocycles. The third kappa shape index (κ3) is 1.09. The van der Waals surface area contributed by atoms with Crippen LogP contribution < -0.4 is 0 Å². The molecule has 0 aliphatic rings. The average Bonchev–Trinajstić information content (AvgIpc) is 2.49. The molecule has 3 nitrogen and oxygen atoms in total. The first-order chi connectivity index (χ1) is 5.77. The molecule has 0 unspecified atom stereocenters. The van der Waals surface area contributed by atoms with Crippen LogP contribution in [0.5, 0.6) is 0 Å². The van der Waals surface area contributed by atoms with Crippen molar-refractivity contribution in [1.29, 1.82) is 0 Å². The lowest BCUT2D eigenvalue weighted by Gasteiger charge is -2.02. The summed E-state index contributed by atoms with van der Waals surface area (Å²) in [5, 5.41) is 18.7. The predicted octanol–water partition coefficient (Wildman–Crippen LogP) is 1.15. The van der Waals surface area contributed by atoms with Gasteiger partial charge in [0.2, 0.25) is 0 Å². The average molecular weight is 163 g/mol. The number of rotatable bonds is 1. The van der Waals surface area contributed by atoms with E-state index in [4.69, 9.17) is 10.2 Å². The summed E-state index contributed by atoms with van der Waals surface area (Å²) in [7, 11) is 0. The summed E-state index contributed by atoms with van der Waals surface area (Å²) in [6, 6.07) is 7.14. The van der Waals surface area contributed by atoms with Crippen LogP contribution in [0.1, 0.15) is 11.9 Å². The van der Waals surface area contributed by atoms with E-state index in [9.17, 15) is 0 Å². The lowest BCUT2D eigenvalue weighted by Crippen LogP contribution is -1.93. The molecule has 2 aromatic rings. The number of benzene rings is 1. The van der Waals surface area contributed by atoms with Crippen LogP contribution in [0.25, 0.3) is 10.9 Å². The third-order valence-electron chi connectivity index (χ3n) is 1.88. The lowest BCUT2D eigenvalue weighted by molar-refractivity contribution is -0.0423. The number of aromatic amines is 1. The Morgan fingerprint density at radius 1 is 1.17 bits per heavy atom. The Kier molecular flexibility index (Phi) is 1.60. The van der Waals surface area contributed by atoms with Gasteiger partial charge in [-0.15, -0.1) is 0 Å². The molecule has 0 saturated heterocycles. The highest BCUT2D eigenvalue weighted by atomic mass is 16.5. The Balaban J connectivity index is 2.60. The second kappa shape index (κ2) is 2.62. The molecule has 1 aromatic carbocycles. The van der Waals surface area contributed by atoms with E-state index in [-0.39, 0.29) is 0 Å². The van der Waals surface area contributed by atoms with Crippen LogP contribution in [0.15, 0.2) is 30.5 Å². The monoisotopic (exact) mass is 163 g/mol. The van der Waals surface area contributed by atoms with Gasteiger partial charge in [0, 0.05) is 17.3 Å². The second-order valence-electron chi connectivity index (χ2n) is 2.70. The maximum atomic E-state index is 8.87. The fourth-order valence-corrected chi connectivity index (χ4v) is 1.23. The highest BCUT2D eigenvalue weighted by molar-refractivity contribution is 5.79. The first-order valence-electron chi connectivity index (χ1n) is 3.70. The van der Waals surface area contributed by atoms with Crippen molar-refractivity contribution < 1.29 is 10.2 Å². The normalized spacial score (nSPS) is 11.2. The van der Waals surface area contributed by atoms with E-state index < -0.39 is 6.29 Å². The Bertz CT molecular complexity index is 392. The largest absolute Gasteiger partial charge is 0.364 e. The van der Waals surface area contributed by atoms with Crippen LogP contribution >= 0.6 is 0 Å². The van der Waals surface area contributed by atoms with Crippen molar-refractivity contribution in [2.45, 2.75) is 6.29 Å². The molecular weight excluding hydrogens is 154 g/mol. The SMILES string of the molecule is OC(O)c1ccc2[nH]ccc2c1. The Morgan fingerprint density at radius 3 is 2.75 bits per heavy atom. The molecule has 12 heavy (non-hydrogen) atoms. The zero-order chi connectivity index (χ0) is 8.55. The van der Waals surface area contributed by atoms with Crippen molar-refractivity contribution >= 4 is 10.9 Å². The zero-order valence-electron chi connectivity index (χ0n) is 6.36. The number of aromatic nitrogens is 1. The minimum atomic E-state index is -1.38. The standard InChI is InChI=1S/C9H9NO2/c11-9(12)7-1-2-8-6(5-7)3-4-10-8/h1-5,9-12H. The van der Waals surface area contributed by atoms with Gasteiger partial charge in [0.15, 0.2) is 6.29 Å². The first-order valence-corrected chi connectivity index (χ1v) is 3.70. The fraction of sp³-hybridized carbons (Fsp3) is 0.111. The number of H-pyrrole nitrogens is 1. The van der Waals surface area contributed by atoms with Gasteiger partial charge in [-0.05, 0) is 23.6 Å². The predicted molar refractivity (Wildman–Crippen MR) is 45.5 cm³/mol. The van der Waals surface area contributed by atoms with Gasteiger partial charge < -0.3 is 15.2 Å². The second-order valence-corrected chi connectivity index (χ2v) is 2.70. The molecule has 0 bridgehead atoms. The van der Waals surface area contributed by atoms with E-state index in [1.807, 2.05) is 18.3 Å². The summed E-state index contributed by atoms with van der Waals surface area (Å²) in [6.45, 7) is 0. The van der Waals surface area contributed by atoms with Crippen molar-refractivity contribution in [1.82, 2.24) is 4.98 Å². The number of aliphatic hydroxyl groups excluding tert-OH is 1. The van der Waals surface area contributed by atoms with E-state index in [0.29, 0.717) is 5.56 Å². The third-order valence-corrected chi connectivity index (χ3v) is 1.88. The Labute approximate surface area is 69.3 Å². The van der Waals surface area contributed by atoms with E-state index in [1.165, 1.54) is 0 Å². The minimum Gasteiger partial charge on any atom is -0.364 e. The number of nitrogens with one attached hydrogen (secondary N) is 1. The molecule has 0 fully saturated rings. The van der Waals surface area contributed by atoms with Crippen LogP contribution in [0.4, 0.5) is 0 Å². The van der Waals surface area contributed by atoms with Crippen molar-refractivity contribution in [2.75, 3.05) is 0 Å². The first kappa shape index (κ1) is 7.34. The van der Waals surface area contributed by atoms with Gasteiger partial charge >= 0.3 is 0 Å². The van der Waals surface area contributed by atoms with Crippen molar-refractivity contribution in [2.24, 2.45) is 0 Å². The molecule has 0 amide bonds. The molecule has 62 valence electrons. The van der Waals surface area contributed by atoms with E-state index in [2.05, 4.69) is 4.98 Å². The van der Waals surface area contributed by atoms with Crippen LogP contribution in [-0.4, -0.2) is 15.2 Å². The topological polar surface area (TPSA) is 56.2 Å². The summed E-state index contributed by atoms with van der Waals surface area (Å²) in [4.78, 5) is 3.02. The molecule has 0 aliphatic carbocycles. The highest BCUT2D eigenvalue weighted by Crippen LogP contribution is 2.17. The van der Waals surface area contributed by atoms with Gasteiger partial charge in [0.05, 0.1) is 0 Å². The van der Waals surface area contributed by atoms with Gasteiger partial charge in [-0.25, -0.2) is 0 Å². The van der Waals surface area contributed by atoms with Crippen LogP contribution in [0.2, 0.25) is 0 Å². The molecule has 0 radical (unpaired) electrons. The van der Waals surface area contributed by atoms with Gasteiger partial charge in [-0.3, -0.25) is 0 Å². The number of hydrogen-bond acceptors (Lipinski definition) is 2. The van der Waals surface area contributed by atoms with Gasteiger partial charge in [0.25, 0.3) is 0 Å². The fourth-order valence-electron chi connectivity index (χ4n) is 1.23. The van der Waals surface area contributed by atoms with E-state index >= 15 is 0 Å².